The van der Waals surface area contributed by atoms with Gasteiger partial charge in [0.05, 0.1) is 17.6 Å². The van der Waals surface area contributed by atoms with Crippen LogP contribution < -0.4 is 14.4 Å². The number of carbonyl (C=O) groups is 1. The van der Waals surface area contributed by atoms with Crippen molar-refractivity contribution in [2.75, 3.05) is 18.1 Å². The van der Waals surface area contributed by atoms with Crippen molar-refractivity contribution in [3.05, 3.63) is 42.2 Å². The van der Waals surface area contributed by atoms with E-state index in [-0.39, 0.29) is 60.2 Å². The first kappa shape index (κ1) is 32.3. The standard InChI is InChI=1S/C31H40F3N7O4S/c1-3-4-5-12-29(2)20-22-9-16-39-17-11-26(37-39)46(43,44)38-28(42)23-7-8-24(35-27(23)40(29)21-22)41-18-10-25(36-41)45-19-6-13-30(14-15-30)31(32,33)34/h7-8,10-11,17-18,22H,3-6,9,12-16,19-21H2,1-2H3,(H,38,42). The number of pyridine rings is 1. The fourth-order valence-corrected chi connectivity index (χ4v) is 7.74. The van der Waals surface area contributed by atoms with E-state index < -0.39 is 27.5 Å². The number of fused-ring (bicyclic) bond motifs is 6. The zero-order chi connectivity index (χ0) is 32.7. The number of sulfonamides is 1. The molecule has 0 radical (unpaired) electrons. The topological polar surface area (TPSA) is 124 Å². The number of aromatic nitrogens is 5. The molecule has 3 aromatic rings. The fourth-order valence-electron chi connectivity index (χ4n) is 6.83. The highest BCUT2D eigenvalue weighted by Gasteiger charge is 2.62. The third-order valence-electron chi connectivity index (χ3n) is 9.69. The summed E-state index contributed by atoms with van der Waals surface area (Å²) >= 11 is 0. The van der Waals surface area contributed by atoms with Crippen LogP contribution in [0.25, 0.3) is 5.82 Å². The van der Waals surface area contributed by atoms with Crippen molar-refractivity contribution < 1.29 is 31.1 Å². The minimum absolute atomic E-state index is 0.0247. The number of hydrogen-bond acceptors (Lipinski definition) is 8. The van der Waals surface area contributed by atoms with Crippen molar-refractivity contribution in [1.29, 1.82) is 0 Å². The molecule has 2 atom stereocenters. The highest BCUT2D eigenvalue weighted by Crippen LogP contribution is 2.60. The average Bonchev–Trinajstić information content (AvgIpc) is 3.30. The Balaban J connectivity index is 1.28. The maximum absolute atomic E-state index is 13.6. The Morgan fingerprint density at radius 1 is 1.07 bits per heavy atom. The SMILES string of the molecule is CCCCCC1(C)CC2CCn3ccc(n3)S(=O)(=O)NC(=O)c3ccc(-n4ccc(OCCCC5(C(F)(F)F)CC5)n4)nc3N1C2. The van der Waals surface area contributed by atoms with E-state index in [0.29, 0.717) is 24.7 Å². The Hall–Kier alpha value is -3.62. The van der Waals surface area contributed by atoms with Gasteiger partial charge >= 0.3 is 6.18 Å². The van der Waals surface area contributed by atoms with Gasteiger partial charge in [-0.25, -0.2) is 14.4 Å². The van der Waals surface area contributed by atoms with Gasteiger partial charge < -0.3 is 9.64 Å². The van der Waals surface area contributed by atoms with Crippen LogP contribution >= 0.6 is 0 Å². The summed E-state index contributed by atoms with van der Waals surface area (Å²) in [6, 6.07) is 6.13. The van der Waals surface area contributed by atoms with Gasteiger partial charge in [-0.3, -0.25) is 9.48 Å². The number of nitrogens with zero attached hydrogens (tertiary/aromatic N) is 6. The van der Waals surface area contributed by atoms with Crippen molar-refractivity contribution in [2.45, 2.75) is 101 Å². The molecule has 11 nitrogen and oxygen atoms in total. The first-order valence-corrected chi connectivity index (χ1v) is 17.5. The van der Waals surface area contributed by atoms with E-state index in [0.717, 1.165) is 38.5 Å². The Kier molecular flexibility index (Phi) is 8.57. The van der Waals surface area contributed by atoms with E-state index in [9.17, 15) is 26.4 Å². The van der Waals surface area contributed by atoms with Gasteiger partial charge in [-0.05, 0) is 76.0 Å². The molecule has 2 aliphatic heterocycles. The molecule has 0 aromatic carbocycles. The molecule has 3 aliphatic rings. The van der Waals surface area contributed by atoms with Crippen LogP contribution in [0.2, 0.25) is 0 Å². The lowest BCUT2D eigenvalue weighted by Crippen LogP contribution is -2.43. The van der Waals surface area contributed by atoms with Crippen LogP contribution in [-0.2, 0) is 16.6 Å². The van der Waals surface area contributed by atoms with Gasteiger partial charge in [0.25, 0.3) is 15.9 Å². The molecule has 5 heterocycles. The van der Waals surface area contributed by atoms with E-state index in [1.807, 2.05) is 0 Å². The summed E-state index contributed by atoms with van der Waals surface area (Å²) < 4.78 is 76.9. The molecular formula is C31H40F3N7O4S. The number of halogens is 3. The quantitative estimate of drug-likeness (QED) is 0.276. The van der Waals surface area contributed by atoms with Gasteiger partial charge in [-0.2, -0.15) is 26.7 Å². The molecule has 1 saturated carbocycles. The zero-order valence-electron chi connectivity index (χ0n) is 26.1. The Morgan fingerprint density at radius 2 is 1.87 bits per heavy atom. The molecule has 4 bridgehead atoms. The number of nitrogens with one attached hydrogen (secondary N) is 1. The van der Waals surface area contributed by atoms with Gasteiger partial charge in [-0.15, -0.1) is 5.10 Å². The summed E-state index contributed by atoms with van der Waals surface area (Å²) in [5.74, 6) is 0.456. The minimum atomic E-state index is -4.23. The van der Waals surface area contributed by atoms with Crippen molar-refractivity contribution in [3.63, 3.8) is 0 Å². The molecule has 1 aliphatic carbocycles. The first-order valence-electron chi connectivity index (χ1n) is 16.0. The lowest BCUT2D eigenvalue weighted by atomic mass is 9.87. The van der Waals surface area contributed by atoms with Crippen LogP contribution in [0.4, 0.5) is 19.0 Å². The monoisotopic (exact) mass is 663 g/mol. The van der Waals surface area contributed by atoms with Gasteiger partial charge in [0.2, 0.25) is 5.88 Å². The number of carbonyl (C=O) groups excluding carboxylic acids is 1. The largest absolute Gasteiger partial charge is 0.477 e. The smallest absolute Gasteiger partial charge is 0.394 e. The number of rotatable bonds is 10. The third-order valence-corrected chi connectivity index (χ3v) is 10.9. The van der Waals surface area contributed by atoms with Gasteiger partial charge in [0, 0.05) is 37.1 Å². The Bertz CT molecular complexity index is 1680. The average molecular weight is 664 g/mol. The predicted octanol–water partition coefficient (Wildman–Crippen LogP) is 5.65. The lowest BCUT2D eigenvalue weighted by Gasteiger charge is -2.37. The fraction of sp³-hybridized carbons (Fsp3) is 0.613. The van der Waals surface area contributed by atoms with Crippen LogP contribution in [0, 0.1) is 11.3 Å². The molecule has 1 N–H and O–H groups in total. The number of alkyl halides is 3. The van der Waals surface area contributed by atoms with E-state index >= 15 is 0 Å². The molecule has 6 rings (SSSR count). The minimum Gasteiger partial charge on any atom is -0.477 e. The second kappa shape index (κ2) is 12.2. The van der Waals surface area contributed by atoms with E-state index in [2.05, 4.69) is 33.7 Å². The van der Waals surface area contributed by atoms with Crippen LogP contribution in [0.15, 0.2) is 41.7 Å². The van der Waals surface area contributed by atoms with Crippen LogP contribution in [0.3, 0.4) is 0 Å². The van der Waals surface area contributed by atoms with E-state index in [1.54, 1.807) is 35.3 Å². The first-order chi connectivity index (χ1) is 21.8. The molecule has 46 heavy (non-hydrogen) atoms. The summed E-state index contributed by atoms with van der Waals surface area (Å²) in [7, 11) is -4.23. The van der Waals surface area contributed by atoms with E-state index in [1.165, 1.54) is 10.7 Å². The number of aryl methyl sites for hydroxylation is 1. The molecule has 1 saturated heterocycles. The predicted molar refractivity (Wildman–Crippen MR) is 163 cm³/mol. The lowest BCUT2D eigenvalue weighted by molar-refractivity contribution is -0.189. The second-order valence-corrected chi connectivity index (χ2v) is 14.8. The number of hydrogen-bond donors (Lipinski definition) is 1. The second-order valence-electron chi connectivity index (χ2n) is 13.1. The summed E-state index contributed by atoms with van der Waals surface area (Å²) in [6.45, 7) is 5.60. The number of unbranched alkanes of at least 4 members (excludes halogenated alkanes) is 2. The van der Waals surface area contributed by atoms with Gasteiger partial charge in [0.1, 0.15) is 5.82 Å². The van der Waals surface area contributed by atoms with Crippen molar-refractivity contribution >= 4 is 21.7 Å². The highest BCUT2D eigenvalue weighted by atomic mass is 32.2. The van der Waals surface area contributed by atoms with Crippen LogP contribution in [-0.4, -0.2) is 63.7 Å². The molecular weight excluding hydrogens is 623 g/mol. The normalized spacial score (nSPS) is 23.5. The Morgan fingerprint density at radius 3 is 2.61 bits per heavy atom. The number of ether oxygens (including phenoxy) is 1. The molecule has 3 aromatic heterocycles. The zero-order valence-corrected chi connectivity index (χ0v) is 26.9. The van der Waals surface area contributed by atoms with Crippen LogP contribution in [0.1, 0.15) is 88.4 Å². The molecule has 1 amide bonds. The maximum Gasteiger partial charge on any atom is 0.394 e. The molecule has 250 valence electrons. The third kappa shape index (κ3) is 6.47. The molecule has 15 heteroatoms. The number of anilines is 1. The molecule has 2 fully saturated rings. The van der Waals surface area contributed by atoms with Crippen molar-refractivity contribution in [1.82, 2.24) is 29.3 Å². The van der Waals surface area contributed by atoms with Crippen molar-refractivity contribution in [2.24, 2.45) is 11.3 Å². The summed E-state index contributed by atoms with van der Waals surface area (Å²) in [6.07, 6.45) is 5.34. The number of amides is 1. The molecule has 0 spiro atoms. The van der Waals surface area contributed by atoms with E-state index in [4.69, 9.17) is 9.72 Å². The summed E-state index contributed by atoms with van der Waals surface area (Å²) in [5.41, 5.74) is -1.77. The summed E-state index contributed by atoms with van der Waals surface area (Å²) in [4.78, 5) is 20.7. The van der Waals surface area contributed by atoms with Gasteiger partial charge in [0.15, 0.2) is 10.8 Å². The van der Waals surface area contributed by atoms with Gasteiger partial charge in [-0.1, -0.05) is 26.2 Å². The molecule has 2 unspecified atom stereocenters. The van der Waals surface area contributed by atoms with Crippen LogP contribution in [0.5, 0.6) is 5.88 Å². The maximum atomic E-state index is 13.6. The van der Waals surface area contributed by atoms with Crippen molar-refractivity contribution in [3.8, 4) is 11.7 Å². The summed E-state index contributed by atoms with van der Waals surface area (Å²) in [5, 5.41) is 8.43. The highest BCUT2D eigenvalue weighted by molar-refractivity contribution is 7.90. The Labute approximate surface area is 266 Å².